The second-order valence-corrected chi connectivity index (χ2v) is 2.55. The number of halogens is 2. The van der Waals surface area contributed by atoms with Gasteiger partial charge in [-0.15, -0.1) is 12.4 Å². The molecule has 0 fully saturated rings. The van der Waals surface area contributed by atoms with Gasteiger partial charge in [0.2, 0.25) is 0 Å². The number of aromatic nitrogens is 4. The fraction of sp³-hybridized carbons (Fsp3) is 0.167. The number of nitrogens with one attached hydrogen (secondary N) is 1. The molecule has 2 rings (SSSR count). The van der Waals surface area contributed by atoms with Crippen molar-refractivity contribution < 1.29 is 0 Å². The molecule has 0 atom stereocenters. The van der Waals surface area contributed by atoms with E-state index in [1.165, 1.54) is 0 Å². The second kappa shape index (κ2) is 3.25. The van der Waals surface area contributed by atoms with Gasteiger partial charge >= 0.3 is 0 Å². The van der Waals surface area contributed by atoms with Crippen LogP contribution in [-0.4, -0.2) is 20.2 Å². The lowest BCUT2D eigenvalue weighted by molar-refractivity contribution is 1.05. The molecule has 0 bridgehead atoms. The average Bonchev–Trinajstić information content (AvgIpc) is 2.34. The lowest BCUT2D eigenvalue weighted by Gasteiger charge is -1.92. The van der Waals surface area contributed by atoms with E-state index in [1.54, 1.807) is 13.1 Å². The zero-order chi connectivity index (χ0) is 7.84. The van der Waals surface area contributed by atoms with Crippen molar-refractivity contribution in [3.05, 3.63) is 17.2 Å². The Balaban J connectivity index is 0.000000720. The van der Waals surface area contributed by atoms with Crippen LogP contribution in [0.5, 0.6) is 0 Å². The average molecular weight is 205 g/mol. The molecule has 64 valence electrons. The number of nitrogens with zero attached hydrogens (tertiary/aromatic N) is 3. The lowest BCUT2D eigenvalue weighted by atomic mass is 10.4. The number of hydrogen-bond acceptors (Lipinski definition) is 3. The predicted octanol–water partition coefficient (Wildman–Crippen LogP) is 1.74. The van der Waals surface area contributed by atoms with Gasteiger partial charge in [-0.25, -0.2) is 9.97 Å². The summed E-state index contributed by atoms with van der Waals surface area (Å²) in [6.07, 6.45) is 1.61. The van der Waals surface area contributed by atoms with Crippen LogP contribution in [-0.2, 0) is 0 Å². The third kappa shape index (κ3) is 1.35. The first kappa shape index (κ1) is 9.22. The first-order valence-corrected chi connectivity index (χ1v) is 3.48. The number of aryl methyl sites for hydroxylation is 1. The molecule has 0 amide bonds. The number of H-pyrrole nitrogens is 1. The van der Waals surface area contributed by atoms with E-state index in [0.29, 0.717) is 16.6 Å². The van der Waals surface area contributed by atoms with E-state index in [2.05, 4.69) is 20.2 Å². The minimum absolute atomic E-state index is 0. The SMILES string of the molecule is Cc1nc(Cl)c2cn[nH]c2n1.Cl. The van der Waals surface area contributed by atoms with E-state index in [1.807, 2.05) is 0 Å². The van der Waals surface area contributed by atoms with Gasteiger partial charge in [-0.3, -0.25) is 5.10 Å². The molecule has 0 spiro atoms. The summed E-state index contributed by atoms with van der Waals surface area (Å²) in [7, 11) is 0. The third-order valence-electron chi connectivity index (χ3n) is 1.38. The van der Waals surface area contributed by atoms with E-state index < -0.39 is 0 Å². The van der Waals surface area contributed by atoms with Gasteiger partial charge in [0.15, 0.2) is 5.65 Å². The zero-order valence-electron chi connectivity index (χ0n) is 6.21. The Bertz CT molecular complexity index is 397. The summed E-state index contributed by atoms with van der Waals surface area (Å²) in [5.74, 6) is 0.645. The Morgan fingerprint density at radius 1 is 1.42 bits per heavy atom. The monoisotopic (exact) mass is 204 g/mol. The largest absolute Gasteiger partial charge is 0.261 e. The maximum absolute atomic E-state index is 5.79. The summed E-state index contributed by atoms with van der Waals surface area (Å²) in [5.41, 5.74) is 0.683. The molecule has 12 heavy (non-hydrogen) atoms. The van der Waals surface area contributed by atoms with Gasteiger partial charge in [0.1, 0.15) is 11.0 Å². The molecule has 6 heteroatoms. The first-order valence-electron chi connectivity index (χ1n) is 3.10. The van der Waals surface area contributed by atoms with Crippen LogP contribution in [0.4, 0.5) is 0 Å². The van der Waals surface area contributed by atoms with Crippen molar-refractivity contribution in [3.63, 3.8) is 0 Å². The quantitative estimate of drug-likeness (QED) is 0.666. The summed E-state index contributed by atoms with van der Waals surface area (Å²) in [6.45, 7) is 1.78. The predicted molar refractivity (Wildman–Crippen MR) is 48.7 cm³/mol. The van der Waals surface area contributed by atoms with Gasteiger partial charge in [0.25, 0.3) is 0 Å². The second-order valence-electron chi connectivity index (χ2n) is 2.19. The highest BCUT2D eigenvalue weighted by Gasteiger charge is 2.03. The molecule has 2 heterocycles. The van der Waals surface area contributed by atoms with Crippen LogP contribution in [0.15, 0.2) is 6.20 Å². The maximum Gasteiger partial charge on any atom is 0.160 e. The summed E-state index contributed by atoms with van der Waals surface area (Å²) in [4.78, 5) is 8.05. The summed E-state index contributed by atoms with van der Waals surface area (Å²) < 4.78 is 0. The van der Waals surface area contributed by atoms with E-state index >= 15 is 0 Å². The van der Waals surface area contributed by atoms with Gasteiger partial charge in [-0.1, -0.05) is 11.6 Å². The van der Waals surface area contributed by atoms with Crippen LogP contribution in [0.1, 0.15) is 5.82 Å². The molecule has 0 unspecified atom stereocenters. The molecule has 0 radical (unpaired) electrons. The minimum Gasteiger partial charge on any atom is -0.261 e. The van der Waals surface area contributed by atoms with E-state index in [0.717, 1.165) is 5.39 Å². The summed E-state index contributed by atoms with van der Waals surface area (Å²) in [6, 6.07) is 0. The fourth-order valence-electron chi connectivity index (χ4n) is 0.905. The van der Waals surface area contributed by atoms with E-state index in [9.17, 15) is 0 Å². The molecular formula is C6H6Cl2N4. The van der Waals surface area contributed by atoms with Crippen molar-refractivity contribution >= 4 is 35.0 Å². The van der Waals surface area contributed by atoms with Gasteiger partial charge in [-0.2, -0.15) is 5.10 Å². The highest BCUT2D eigenvalue weighted by molar-refractivity contribution is 6.33. The standard InChI is InChI=1S/C6H5ClN4.ClH/c1-3-9-5(7)4-2-8-11-6(4)10-3;/h2H,1H3,(H,8,9,10,11);1H. The van der Waals surface area contributed by atoms with Crippen LogP contribution in [0.3, 0.4) is 0 Å². The van der Waals surface area contributed by atoms with Gasteiger partial charge in [0.05, 0.1) is 11.6 Å². The van der Waals surface area contributed by atoms with Crippen LogP contribution >= 0.6 is 24.0 Å². The Kier molecular flexibility index (Phi) is 2.49. The van der Waals surface area contributed by atoms with Crippen molar-refractivity contribution in [3.8, 4) is 0 Å². The number of fused-ring (bicyclic) bond motifs is 1. The molecule has 2 aromatic rings. The van der Waals surface area contributed by atoms with Crippen LogP contribution in [0, 0.1) is 6.92 Å². The third-order valence-corrected chi connectivity index (χ3v) is 1.66. The Labute approximate surface area is 79.8 Å². The zero-order valence-corrected chi connectivity index (χ0v) is 7.78. The normalized spacial score (nSPS) is 9.83. The molecule has 1 N–H and O–H groups in total. The minimum atomic E-state index is 0. The van der Waals surface area contributed by atoms with Crippen LogP contribution in [0.2, 0.25) is 5.15 Å². The molecule has 2 aromatic heterocycles. The van der Waals surface area contributed by atoms with Gasteiger partial charge in [-0.05, 0) is 6.92 Å². The number of hydrogen-bond donors (Lipinski definition) is 1. The Morgan fingerprint density at radius 2 is 2.17 bits per heavy atom. The van der Waals surface area contributed by atoms with Gasteiger partial charge in [0, 0.05) is 0 Å². The molecule has 0 saturated heterocycles. The molecule has 0 aromatic carbocycles. The molecule has 0 saturated carbocycles. The summed E-state index contributed by atoms with van der Waals surface area (Å²) in [5, 5.41) is 7.71. The maximum atomic E-state index is 5.79. The van der Waals surface area contributed by atoms with E-state index in [4.69, 9.17) is 11.6 Å². The smallest absolute Gasteiger partial charge is 0.160 e. The summed E-state index contributed by atoms with van der Waals surface area (Å²) >= 11 is 5.79. The fourth-order valence-corrected chi connectivity index (χ4v) is 1.17. The van der Waals surface area contributed by atoms with Crippen molar-refractivity contribution in [2.75, 3.05) is 0 Å². The van der Waals surface area contributed by atoms with Crippen LogP contribution in [0.25, 0.3) is 11.0 Å². The Morgan fingerprint density at radius 3 is 2.92 bits per heavy atom. The van der Waals surface area contributed by atoms with E-state index in [-0.39, 0.29) is 12.4 Å². The van der Waals surface area contributed by atoms with Gasteiger partial charge < -0.3 is 0 Å². The molecule has 4 nitrogen and oxygen atoms in total. The topological polar surface area (TPSA) is 54.5 Å². The van der Waals surface area contributed by atoms with Crippen molar-refractivity contribution in [2.24, 2.45) is 0 Å². The lowest BCUT2D eigenvalue weighted by Crippen LogP contribution is -1.88. The van der Waals surface area contributed by atoms with Crippen molar-refractivity contribution in [2.45, 2.75) is 6.92 Å². The van der Waals surface area contributed by atoms with Crippen molar-refractivity contribution in [1.29, 1.82) is 0 Å². The molecule has 0 aliphatic rings. The highest BCUT2D eigenvalue weighted by atomic mass is 35.5. The molecular weight excluding hydrogens is 199 g/mol. The molecule has 0 aliphatic carbocycles. The van der Waals surface area contributed by atoms with Crippen molar-refractivity contribution in [1.82, 2.24) is 20.2 Å². The number of rotatable bonds is 0. The molecule has 0 aliphatic heterocycles. The Hall–Kier alpha value is -0.870. The number of aromatic amines is 1. The highest BCUT2D eigenvalue weighted by Crippen LogP contribution is 2.16. The first-order chi connectivity index (χ1) is 5.27. The van der Waals surface area contributed by atoms with Crippen LogP contribution < -0.4 is 0 Å².